The topological polar surface area (TPSA) is 102 Å². The van der Waals surface area contributed by atoms with Crippen LogP contribution >= 0.6 is 23.2 Å². The SMILES string of the molecule is O=C(N[C@@H](CO)C(=O)O)c1cc(Cl)c(Cl)[nH]1. The molecule has 0 unspecified atom stereocenters. The van der Waals surface area contributed by atoms with Crippen LogP contribution in [0, 0.1) is 0 Å². The summed E-state index contributed by atoms with van der Waals surface area (Å²) in [5, 5.41) is 19.6. The van der Waals surface area contributed by atoms with Crippen LogP contribution in [0.4, 0.5) is 0 Å². The van der Waals surface area contributed by atoms with Gasteiger partial charge in [0.2, 0.25) is 0 Å². The van der Waals surface area contributed by atoms with Gasteiger partial charge in [-0.05, 0) is 6.07 Å². The van der Waals surface area contributed by atoms with Gasteiger partial charge in [-0.25, -0.2) is 4.79 Å². The van der Waals surface area contributed by atoms with Crippen molar-refractivity contribution in [2.24, 2.45) is 0 Å². The monoisotopic (exact) mass is 266 g/mol. The highest BCUT2D eigenvalue weighted by Gasteiger charge is 2.20. The molecule has 16 heavy (non-hydrogen) atoms. The van der Waals surface area contributed by atoms with Crippen molar-refractivity contribution in [2.75, 3.05) is 6.61 Å². The van der Waals surface area contributed by atoms with Crippen LogP contribution in [0.3, 0.4) is 0 Å². The summed E-state index contributed by atoms with van der Waals surface area (Å²) in [5.74, 6) is -2.05. The molecule has 1 rings (SSSR count). The minimum atomic E-state index is -1.37. The second-order valence-corrected chi connectivity index (χ2v) is 3.68. The van der Waals surface area contributed by atoms with Gasteiger partial charge in [0.25, 0.3) is 5.91 Å². The van der Waals surface area contributed by atoms with Crippen molar-refractivity contribution in [3.8, 4) is 0 Å². The average molecular weight is 267 g/mol. The highest BCUT2D eigenvalue weighted by molar-refractivity contribution is 6.41. The third-order valence-corrected chi connectivity index (χ3v) is 2.45. The molecule has 4 N–H and O–H groups in total. The molecule has 0 spiro atoms. The third-order valence-electron chi connectivity index (χ3n) is 1.76. The van der Waals surface area contributed by atoms with Gasteiger partial charge in [0, 0.05) is 0 Å². The number of rotatable bonds is 4. The van der Waals surface area contributed by atoms with E-state index in [-0.39, 0.29) is 15.9 Å². The molecule has 0 aliphatic heterocycles. The van der Waals surface area contributed by atoms with E-state index in [0.29, 0.717) is 0 Å². The highest BCUT2D eigenvalue weighted by Crippen LogP contribution is 2.21. The molecule has 1 amide bonds. The van der Waals surface area contributed by atoms with E-state index in [9.17, 15) is 9.59 Å². The lowest BCUT2D eigenvalue weighted by molar-refractivity contribution is -0.140. The van der Waals surface area contributed by atoms with Gasteiger partial charge in [0.1, 0.15) is 10.8 Å². The fourth-order valence-electron chi connectivity index (χ4n) is 0.948. The fourth-order valence-corrected chi connectivity index (χ4v) is 1.26. The summed E-state index contributed by atoms with van der Waals surface area (Å²) >= 11 is 11.2. The van der Waals surface area contributed by atoms with Gasteiger partial charge < -0.3 is 20.5 Å². The molecular weight excluding hydrogens is 259 g/mol. The van der Waals surface area contributed by atoms with Gasteiger partial charge in [-0.15, -0.1) is 0 Å². The molecule has 0 saturated heterocycles. The van der Waals surface area contributed by atoms with Gasteiger partial charge in [-0.2, -0.15) is 0 Å². The first-order valence-electron chi connectivity index (χ1n) is 4.14. The molecule has 8 heteroatoms. The number of halogens is 2. The molecular formula is C8H8Cl2N2O4. The molecule has 1 aromatic rings. The molecule has 1 atom stereocenters. The Bertz CT molecular complexity index is 399. The number of carbonyl (C=O) groups is 2. The zero-order valence-corrected chi connectivity index (χ0v) is 9.34. The molecule has 0 aliphatic carbocycles. The van der Waals surface area contributed by atoms with Gasteiger partial charge >= 0.3 is 5.97 Å². The summed E-state index contributed by atoms with van der Waals surface area (Å²) < 4.78 is 0. The van der Waals surface area contributed by atoms with Crippen LogP contribution in [0.5, 0.6) is 0 Å². The van der Waals surface area contributed by atoms with E-state index in [1.54, 1.807) is 0 Å². The van der Waals surface area contributed by atoms with E-state index in [0.717, 1.165) is 0 Å². The van der Waals surface area contributed by atoms with Crippen molar-refractivity contribution in [3.05, 3.63) is 21.9 Å². The Labute approximate surface area is 100 Å². The van der Waals surface area contributed by atoms with Crippen LogP contribution in [-0.4, -0.2) is 39.7 Å². The molecule has 6 nitrogen and oxygen atoms in total. The van der Waals surface area contributed by atoms with Crippen molar-refractivity contribution >= 4 is 35.1 Å². The quantitative estimate of drug-likeness (QED) is 0.637. The summed E-state index contributed by atoms with van der Waals surface area (Å²) in [6.07, 6.45) is 0. The second-order valence-electron chi connectivity index (χ2n) is 2.89. The van der Waals surface area contributed by atoms with E-state index >= 15 is 0 Å². The number of H-pyrrole nitrogens is 1. The number of aliphatic hydroxyl groups excluding tert-OH is 1. The first kappa shape index (κ1) is 12.8. The van der Waals surface area contributed by atoms with Crippen molar-refractivity contribution in [1.29, 1.82) is 0 Å². The van der Waals surface area contributed by atoms with Crippen LogP contribution in [0.1, 0.15) is 10.5 Å². The van der Waals surface area contributed by atoms with Crippen molar-refractivity contribution in [3.63, 3.8) is 0 Å². The normalized spacial score (nSPS) is 12.2. The standard InChI is InChI=1S/C8H8Cl2N2O4/c9-3-1-4(11-6(3)10)7(14)12-5(2-13)8(15)16/h1,5,11,13H,2H2,(H,12,14)(H,15,16)/t5-/m0/s1. The lowest BCUT2D eigenvalue weighted by Gasteiger charge is -2.10. The lowest BCUT2D eigenvalue weighted by atomic mass is 10.3. The summed E-state index contributed by atoms with van der Waals surface area (Å²) in [7, 11) is 0. The third kappa shape index (κ3) is 2.88. The molecule has 1 aromatic heterocycles. The molecule has 0 aliphatic rings. The predicted octanol–water partition coefficient (Wildman–Crippen LogP) is 0.497. The number of carboxylic acids is 1. The molecule has 0 fully saturated rings. The zero-order chi connectivity index (χ0) is 12.3. The number of hydrogen-bond acceptors (Lipinski definition) is 3. The number of nitrogens with one attached hydrogen (secondary N) is 2. The first-order chi connectivity index (χ1) is 7.45. The number of aliphatic hydroxyl groups is 1. The molecule has 0 radical (unpaired) electrons. The number of aliphatic carboxylic acids is 1. The zero-order valence-electron chi connectivity index (χ0n) is 7.83. The summed E-state index contributed by atoms with van der Waals surface area (Å²) in [4.78, 5) is 24.4. The van der Waals surface area contributed by atoms with Gasteiger partial charge in [0.05, 0.1) is 11.6 Å². The van der Waals surface area contributed by atoms with E-state index in [1.165, 1.54) is 6.07 Å². The van der Waals surface area contributed by atoms with E-state index in [2.05, 4.69) is 10.3 Å². The smallest absolute Gasteiger partial charge is 0.328 e. The molecule has 0 saturated carbocycles. The number of hydrogen-bond donors (Lipinski definition) is 4. The largest absolute Gasteiger partial charge is 0.480 e. The summed E-state index contributed by atoms with van der Waals surface area (Å²) in [6.45, 7) is -0.705. The predicted molar refractivity (Wildman–Crippen MR) is 56.8 cm³/mol. The number of aromatic amines is 1. The maximum absolute atomic E-state index is 11.4. The van der Waals surface area contributed by atoms with Gasteiger partial charge in [-0.1, -0.05) is 23.2 Å². The Balaban J connectivity index is 2.75. The molecule has 1 heterocycles. The first-order valence-corrected chi connectivity index (χ1v) is 4.89. The molecule has 88 valence electrons. The lowest BCUT2D eigenvalue weighted by Crippen LogP contribution is -2.43. The number of carbonyl (C=O) groups excluding carboxylic acids is 1. The van der Waals surface area contributed by atoms with Crippen molar-refractivity contribution in [1.82, 2.24) is 10.3 Å². The Kier molecular flexibility index (Phi) is 4.17. The van der Waals surface area contributed by atoms with Crippen LogP contribution in [0.2, 0.25) is 10.2 Å². The van der Waals surface area contributed by atoms with Crippen molar-refractivity contribution in [2.45, 2.75) is 6.04 Å². The Morgan fingerprint density at radius 1 is 1.50 bits per heavy atom. The van der Waals surface area contributed by atoms with E-state index < -0.39 is 24.5 Å². The van der Waals surface area contributed by atoms with Gasteiger partial charge in [0.15, 0.2) is 6.04 Å². The van der Waals surface area contributed by atoms with Crippen LogP contribution in [0.25, 0.3) is 0 Å². The van der Waals surface area contributed by atoms with Crippen molar-refractivity contribution < 1.29 is 19.8 Å². The minimum Gasteiger partial charge on any atom is -0.480 e. The average Bonchev–Trinajstić information content (AvgIpc) is 2.55. The van der Waals surface area contributed by atoms with E-state index in [4.69, 9.17) is 33.4 Å². The number of carboxylic acid groups (broad SMARTS) is 1. The maximum Gasteiger partial charge on any atom is 0.328 e. The van der Waals surface area contributed by atoms with Crippen LogP contribution in [-0.2, 0) is 4.79 Å². The molecule has 0 bridgehead atoms. The molecule has 0 aromatic carbocycles. The summed E-state index contributed by atoms with van der Waals surface area (Å²) in [5.41, 5.74) is 0.0229. The number of aromatic nitrogens is 1. The summed E-state index contributed by atoms with van der Waals surface area (Å²) in [6, 6.07) is -0.108. The van der Waals surface area contributed by atoms with E-state index in [1.807, 2.05) is 0 Å². The van der Waals surface area contributed by atoms with Crippen LogP contribution < -0.4 is 5.32 Å². The highest BCUT2D eigenvalue weighted by atomic mass is 35.5. The fraction of sp³-hybridized carbons (Fsp3) is 0.250. The Morgan fingerprint density at radius 2 is 2.12 bits per heavy atom. The maximum atomic E-state index is 11.4. The van der Waals surface area contributed by atoms with Gasteiger partial charge in [-0.3, -0.25) is 4.79 Å². The van der Waals surface area contributed by atoms with Crippen LogP contribution in [0.15, 0.2) is 6.07 Å². The second kappa shape index (κ2) is 5.20. The Hall–Kier alpha value is -1.24. The minimum absolute atomic E-state index is 0.0229. The number of amides is 1. The Morgan fingerprint density at radius 3 is 2.50 bits per heavy atom.